The highest BCUT2D eigenvalue weighted by Crippen LogP contribution is 1.98. The molecule has 0 aliphatic carbocycles. The number of nitrogens with one attached hydrogen (secondary N) is 2. The van der Waals surface area contributed by atoms with Gasteiger partial charge in [-0.1, -0.05) is 0 Å². The molecule has 0 radical (unpaired) electrons. The maximum Gasteiger partial charge on any atom is 0.328 e. The Bertz CT molecular complexity index is 384. The van der Waals surface area contributed by atoms with Crippen LogP contribution < -0.4 is 16.4 Å². The van der Waals surface area contributed by atoms with Gasteiger partial charge in [-0.3, -0.25) is 4.79 Å². The molecule has 0 fully saturated rings. The highest BCUT2D eigenvalue weighted by Gasteiger charge is 2.23. The van der Waals surface area contributed by atoms with E-state index in [1.54, 1.807) is 6.92 Å². The summed E-state index contributed by atoms with van der Waals surface area (Å²) in [5, 5.41) is 13.2. The number of esters is 1. The number of carboxylic acids is 1. The predicted octanol–water partition coefficient (Wildman–Crippen LogP) is -1.04. The lowest BCUT2D eigenvalue weighted by Gasteiger charge is -2.17. The van der Waals surface area contributed by atoms with Crippen molar-refractivity contribution in [1.29, 1.82) is 0 Å². The number of hydrogen-bond donors (Lipinski definition) is 4. The molecule has 3 amide bonds. The third-order valence-electron chi connectivity index (χ3n) is 2.27. The highest BCUT2D eigenvalue weighted by molar-refractivity contribution is 5.86. The molecule has 0 spiro atoms. The first-order valence-corrected chi connectivity index (χ1v) is 6.02. The van der Waals surface area contributed by atoms with E-state index < -0.39 is 36.0 Å². The standard InChI is InChI=1S/C11H19N3O6/c1-3-20-10(18)6(2)13-11(19)14-7(9(16)17)4-5-8(12)15/h6-7H,3-5H2,1-2H3,(H2,12,15)(H,16,17)(H2,13,14,19)/t6?,7-/m0/s1. The van der Waals surface area contributed by atoms with Gasteiger partial charge in [0.1, 0.15) is 12.1 Å². The smallest absolute Gasteiger partial charge is 0.328 e. The number of nitrogens with two attached hydrogens (primary N) is 1. The molecule has 9 heteroatoms. The van der Waals surface area contributed by atoms with Gasteiger partial charge in [0.2, 0.25) is 5.91 Å². The van der Waals surface area contributed by atoms with Crippen LogP contribution in [0.1, 0.15) is 26.7 Å². The van der Waals surface area contributed by atoms with E-state index in [1.807, 2.05) is 0 Å². The van der Waals surface area contributed by atoms with Gasteiger partial charge in [0.15, 0.2) is 0 Å². The van der Waals surface area contributed by atoms with E-state index in [2.05, 4.69) is 15.4 Å². The zero-order chi connectivity index (χ0) is 15.7. The molecule has 0 rings (SSSR count). The molecule has 0 aromatic heterocycles. The summed E-state index contributed by atoms with van der Waals surface area (Å²) < 4.78 is 4.68. The maximum absolute atomic E-state index is 11.5. The van der Waals surface area contributed by atoms with Gasteiger partial charge in [-0.05, 0) is 20.3 Å². The van der Waals surface area contributed by atoms with Crippen molar-refractivity contribution < 1.29 is 29.0 Å². The molecule has 0 bridgehead atoms. The van der Waals surface area contributed by atoms with Gasteiger partial charge in [0.05, 0.1) is 6.61 Å². The number of amides is 3. The Morgan fingerprint density at radius 2 is 1.85 bits per heavy atom. The second-order valence-corrected chi connectivity index (χ2v) is 3.99. The number of aliphatic carboxylic acids is 1. The van der Waals surface area contributed by atoms with Crippen LogP contribution in [-0.2, 0) is 19.1 Å². The van der Waals surface area contributed by atoms with E-state index in [4.69, 9.17) is 10.8 Å². The number of rotatable bonds is 8. The second kappa shape index (κ2) is 8.73. The minimum Gasteiger partial charge on any atom is -0.480 e. The van der Waals surface area contributed by atoms with Crippen LogP contribution in [0.4, 0.5) is 4.79 Å². The first-order valence-electron chi connectivity index (χ1n) is 6.02. The summed E-state index contributed by atoms with van der Waals surface area (Å²) >= 11 is 0. The Morgan fingerprint density at radius 3 is 2.30 bits per heavy atom. The summed E-state index contributed by atoms with van der Waals surface area (Å²) in [5.41, 5.74) is 4.90. The zero-order valence-corrected chi connectivity index (χ0v) is 11.3. The molecular formula is C11H19N3O6. The summed E-state index contributed by atoms with van der Waals surface area (Å²) in [5.74, 6) is -2.60. The molecule has 0 aromatic rings. The van der Waals surface area contributed by atoms with Crippen molar-refractivity contribution in [3.63, 3.8) is 0 Å². The summed E-state index contributed by atoms with van der Waals surface area (Å²) in [7, 11) is 0. The first-order chi connectivity index (χ1) is 9.27. The van der Waals surface area contributed by atoms with Crippen molar-refractivity contribution in [1.82, 2.24) is 10.6 Å². The van der Waals surface area contributed by atoms with Crippen LogP contribution in [-0.4, -0.2) is 47.7 Å². The van der Waals surface area contributed by atoms with Gasteiger partial charge in [-0.2, -0.15) is 0 Å². The first kappa shape index (κ1) is 17.7. The number of urea groups is 1. The summed E-state index contributed by atoms with van der Waals surface area (Å²) in [6, 6.07) is -3.03. The van der Waals surface area contributed by atoms with Crippen LogP contribution in [0, 0.1) is 0 Å². The van der Waals surface area contributed by atoms with Crippen molar-refractivity contribution in [2.45, 2.75) is 38.8 Å². The fraction of sp³-hybridized carbons (Fsp3) is 0.636. The van der Waals surface area contributed by atoms with Crippen molar-refractivity contribution in [3.05, 3.63) is 0 Å². The molecule has 2 atom stereocenters. The molecule has 1 unspecified atom stereocenters. The minimum absolute atomic E-state index is 0.133. The topological polar surface area (TPSA) is 148 Å². The lowest BCUT2D eigenvalue weighted by Crippen LogP contribution is -2.50. The van der Waals surface area contributed by atoms with Crippen LogP contribution in [0.3, 0.4) is 0 Å². The Labute approximate surface area is 115 Å². The molecule has 0 aliphatic heterocycles. The Hall–Kier alpha value is -2.32. The SMILES string of the molecule is CCOC(=O)C(C)NC(=O)N[C@@H](CCC(N)=O)C(=O)O. The lowest BCUT2D eigenvalue weighted by atomic mass is 10.1. The Kier molecular flexibility index (Phi) is 7.71. The van der Waals surface area contributed by atoms with Crippen LogP contribution >= 0.6 is 0 Å². The van der Waals surface area contributed by atoms with Crippen LogP contribution in [0.25, 0.3) is 0 Å². The molecule has 0 heterocycles. The average molecular weight is 289 g/mol. The van der Waals surface area contributed by atoms with Gasteiger partial charge in [-0.15, -0.1) is 0 Å². The van der Waals surface area contributed by atoms with E-state index in [0.29, 0.717) is 0 Å². The number of hydrogen-bond acceptors (Lipinski definition) is 5. The number of carboxylic acid groups (broad SMARTS) is 1. The molecular weight excluding hydrogens is 270 g/mol. The van der Waals surface area contributed by atoms with Crippen molar-refractivity contribution >= 4 is 23.9 Å². The third-order valence-corrected chi connectivity index (χ3v) is 2.27. The Balaban J connectivity index is 4.35. The Morgan fingerprint density at radius 1 is 1.25 bits per heavy atom. The van der Waals surface area contributed by atoms with E-state index in [-0.39, 0.29) is 19.4 Å². The number of carbonyl (C=O) groups excluding carboxylic acids is 3. The predicted molar refractivity (Wildman–Crippen MR) is 67.6 cm³/mol. The number of primary amides is 1. The molecule has 0 saturated heterocycles. The lowest BCUT2D eigenvalue weighted by molar-refractivity contribution is -0.144. The van der Waals surface area contributed by atoms with E-state index >= 15 is 0 Å². The molecule has 9 nitrogen and oxygen atoms in total. The van der Waals surface area contributed by atoms with Gasteiger partial charge < -0.3 is 26.2 Å². The highest BCUT2D eigenvalue weighted by atomic mass is 16.5. The molecule has 0 saturated carbocycles. The normalized spacial score (nSPS) is 12.9. The molecule has 20 heavy (non-hydrogen) atoms. The van der Waals surface area contributed by atoms with Gasteiger partial charge in [-0.25, -0.2) is 14.4 Å². The summed E-state index contributed by atoms with van der Waals surface area (Å²) in [4.78, 5) is 44.3. The summed E-state index contributed by atoms with van der Waals surface area (Å²) in [6.45, 7) is 3.19. The maximum atomic E-state index is 11.5. The van der Waals surface area contributed by atoms with Crippen molar-refractivity contribution in [2.24, 2.45) is 5.73 Å². The van der Waals surface area contributed by atoms with Crippen molar-refractivity contribution in [2.75, 3.05) is 6.61 Å². The minimum atomic E-state index is -1.30. The van der Waals surface area contributed by atoms with Gasteiger partial charge >= 0.3 is 18.0 Å². The number of ether oxygens (including phenoxy) is 1. The fourth-order valence-electron chi connectivity index (χ4n) is 1.27. The average Bonchev–Trinajstić information content (AvgIpc) is 2.33. The largest absolute Gasteiger partial charge is 0.480 e. The van der Waals surface area contributed by atoms with Crippen LogP contribution in [0.15, 0.2) is 0 Å². The van der Waals surface area contributed by atoms with E-state index in [0.717, 1.165) is 0 Å². The molecule has 0 aliphatic rings. The molecule has 0 aromatic carbocycles. The molecule has 5 N–H and O–H groups in total. The summed E-state index contributed by atoms with van der Waals surface area (Å²) in [6.07, 6.45) is -0.309. The van der Waals surface area contributed by atoms with Crippen LogP contribution in [0.5, 0.6) is 0 Å². The van der Waals surface area contributed by atoms with Crippen LogP contribution in [0.2, 0.25) is 0 Å². The van der Waals surface area contributed by atoms with Crippen molar-refractivity contribution in [3.8, 4) is 0 Å². The molecule has 114 valence electrons. The zero-order valence-electron chi connectivity index (χ0n) is 11.3. The van der Waals surface area contributed by atoms with E-state index in [1.165, 1.54) is 6.92 Å². The third kappa shape index (κ3) is 7.19. The number of carbonyl (C=O) groups is 4. The quantitative estimate of drug-likeness (QED) is 0.419. The van der Waals surface area contributed by atoms with Gasteiger partial charge in [0, 0.05) is 6.42 Å². The second-order valence-electron chi connectivity index (χ2n) is 3.99. The van der Waals surface area contributed by atoms with E-state index in [9.17, 15) is 19.2 Å². The monoisotopic (exact) mass is 289 g/mol. The fourth-order valence-corrected chi connectivity index (χ4v) is 1.27. The van der Waals surface area contributed by atoms with Gasteiger partial charge in [0.25, 0.3) is 0 Å².